The monoisotopic (exact) mass is 393 g/mol. The molecule has 1 aromatic carbocycles. The summed E-state index contributed by atoms with van der Waals surface area (Å²) in [6, 6.07) is 7.19. The molecule has 4 atom stereocenters. The van der Waals surface area contributed by atoms with Crippen LogP contribution in [-0.2, 0) is 11.2 Å². The number of hydrogen-bond donors (Lipinski definition) is 0. The van der Waals surface area contributed by atoms with Gasteiger partial charge in [0.25, 0.3) is 0 Å². The molecule has 0 spiro atoms. The lowest BCUT2D eigenvalue weighted by molar-refractivity contribution is -0.129. The molecule has 158 valence electrons. The third-order valence-electron chi connectivity index (χ3n) is 8.21. The second-order valence-electron chi connectivity index (χ2n) is 9.99. The van der Waals surface area contributed by atoms with Crippen LogP contribution in [-0.4, -0.2) is 30.3 Å². The summed E-state index contributed by atoms with van der Waals surface area (Å²) >= 11 is 0. The first-order valence-corrected chi connectivity index (χ1v) is 12.1. The average Bonchev–Trinajstić information content (AvgIpc) is 3.03. The lowest BCUT2D eigenvalue weighted by atomic mass is 9.55. The van der Waals surface area contributed by atoms with Gasteiger partial charge >= 0.3 is 0 Å². The van der Waals surface area contributed by atoms with E-state index in [4.69, 9.17) is 0 Å². The van der Waals surface area contributed by atoms with Crippen molar-refractivity contribution in [3.05, 3.63) is 41.0 Å². The van der Waals surface area contributed by atoms with Gasteiger partial charge in [-0.1, -0.05) is 51.1 Å². The summed E-state index contributed by atoms with van der Waals surface area (Å²) in [6.45, 7) is 10.2. The molecule has 2 nitrogen and oxygen atoms in total. The van der Waals surface area contributed by atoms with Crippen molar-refractivity contribution in [3.8, 4) is 0 Å². The minimum atomic E-state index is -0.00972. The summed E-state index contributed by atoms with van der Waals surface area (Å²) in [5.41, 5.74) is 4.51. The van der Waals surface area contributed by atoms with Crippen molar-refractivity contribution in [1.82, 2.24) is 4.90 Å². The largest absolute Gasteiger partial charge is 0.300 e. The number of carbonyl (C=O) groups is 1. The molecule has 2 saturated carbocycles. The van der Waals surface area contributed by atoms with Gasteiger partial charge in [-0.3, -0.25) is 9.69 Å². The molecule has 0 bridgehead atoms. The summed E-state index contributed by atoms with van der Waals surface area (Å²) in [5.74, 6) is 2.59. The highest BCUT2D eigenvalue weighted by atomic mass is 16.1. The Balaban J connectivity index is 1.46. The third kappa shape index (κ3) is 3.98. The first-order chi connectivity index (χ1) is 14.1. The Morgan fingerprint density at radius 1 is 1.10 bits per heavy atom. The van der Waals surface area contributed by atoms with Crippen molar-refractivity contribution in [2.45, 2.75) is 78.1 Å². The van der Waals surface area contributed by atoms with Gasteiger partial charge < -0.3 is 0 Å². The summed E-state index contributed by atoms with van der Waals surface area (Å²) in [4.78, 5) is 15.1. The second kappa shape index (κ2) is 8.76. The normalized spacial score (nSPS) is 31.2. The standard InChI is InChI=1S/C27H39NO/c1-4-16-28(17-5-2)18-6-7-20-8-10-22-21(19-20)9-11-24-23(22)14-15-27(3)25(24)12-13-26(27)29/h6-8,10,19,23-25H,4-5,9,11-18H2,1-3H3/b7-6+/t23-,24-,25+,27+/m1/s1. The summed E-state index contributed by atoms with van der Waals surface area (Å²) in [7, 11) is 0. The van der Waals surface area contributed by atoms with E-state index in [1.807, 2.05) is 0 Å². The molecule has 0 aliphatic heterocycles. The average molecular weight is 394 g/mol. The van der Waals surface area contributed by atoms with Gasteiger partial charge in [0.05, 0.1) is 0 Å². The SMILES string of the molecule is CCCN(C/C=C/c1ccc2c(c1)CC[C@@H]1[C@@H]2CC[C@]2(C)C(=O)CC[C@@H]12)CCC. The molecule has 0 heterocycles. The van der Waals surface area contributed by atoms with Crippen LogP contribution in [0.2, 0.25) is 0 Å². The van der Waals surface area contributed by atoms with Gasteiger partial charge in [0, 0.05) is 18.4 Å². The molecule has 3 aliphatic rings. The molecule has 29 heavy (non-hydrogen) atoms. The Bertz CT molecular complexity index is 760. The molecule has 0 N–H and O–H groups in total. The number of Topliss-reactive ketones (excluding diaryl/α,β-unsaturated/α-hetero) is 1. The van der Waals surface area contributed by atoms with E-state index in [0.29, 0.717) is 17.6 Å². The first kappa shape index (κ1) is 20.8. The quantitative estimate of drug-likeness (QED) is 0.546. The number of carbonyl (C=O) groups excluding carboxylic acids is 1. The van der Waals surface area contributed by atoms with Gasteiger partial charge in [-0.2, -0.15) is 0 Å². The maximum absolute atomic E-state index is 12.5. The number of rotatable bonds is 7. The van der Waals surface area contributed by atoms with E-state index in [-0.39, 0.29) is 5.41 Å². The summed E-state index contributed by atoms with van der Waals surface area (Å²) < 4.78 is 0. The fourth-order valence-electron chi connectivity index (χ4n) is 6.74. The Morgan fingerprint density at radius 2 is 1.90 bits per heavy atom. The van der Waals surface area contributed by atoms with Crippen LogP contribution in [0.3, 0.4) is 0 Å². The summed E-state index contributed by atoms with van der Waals surface area (Å²) in [6.07, 6.45) is 13.8. The molecule has 0 aromatic heterocycles. The van der Waals surface area contributed by atoms with E-state index in [9.17, 15) is 4.79 Å². The highest BCUT2D eigenvalue weighted by Crippen LogP contribution is 2.59. The van der Waals surface area contributed by atoms with Crippen LogP contribution in [0.5, 0.6) is 0 Å². The Morgan fingerprint density at radius 3 is 2.66 bits per heavy atom. The van der Waals surface area contributed by atoms with Crippen molar-refractivity contribution >= 4 is 11.9 Å². The maximum Gasteiger partial charge on any atom is 0.139 e. The van der Waals surface area contributed by atoms with Crippen LogP contribution in [0.15, 0.2) is 24.3 Å². The lowest BCUT2D eigenvalue weighted by Gasteiger charge is -2.48. The molecule has 3 aliphatic carbocycles. The van der Waals surface area contributed by atoms with Gasteiger partial charge in [-0.15, -0.1) is 0 Å². The van der Waals surface area contributed by atoms with Gasteiger partial charge in [-0.25, -0.2) is 0 Å². The lowest BCUT2D eigenvalue weighted by Crippen LogP contribution is -2.42. The van der Waals surface area contributed by atoms with Crippen LogP contribution >= 0.6 is 0 Å². The second-order valence-corrected chi connectivity index (χ2v) is 9.99. The maximum atomic E-state index is 12.5. The zero-order chi connectivity index (χ0) is 20.4. The van der Waals surface area contributed by atoms with Crippen LogP contribution in [0, 0.1) is 17.3 Å². The van der Waals surface area contributed by atoms with Crippen molar-refractivity contribution < 1.29 is 4.79 Å². The molecular formula is C27H39NO. The van der Waals surface area contributed by atoms with E-state index in [0.717, 1.165) is 31.7 Å². The smallest absolute Gasteiger partial charge is 0.139 e. The Kier molecular flexibility index (Phi) is 6.30. The topological polar surface area (TPSA) is 20.3 Å². The minimum Gasteiger partial charge on any atom is -0.300 e. The summed E-state index contributed by atoms with van der Waals surface area (Å²) in [5, 5.41) is 0. The minimum absolute atomic E-state index is 0.00972. The van der Waals surface area contributed by atoms with Crippen LogP contribution in [0.1, 0.15) is 88.3 Å². The van der Waals surface area contributed by atoms with Gasteiger partial charge in [0.1, 0.15) is 5.78 Å². The zero-order valence-electron chi connectivity index (χ0n) is 18.8. The van der Waals surface area contributed by atoms with E-state index < -0.39 is 0 Å². The predicted molar refractivity (Wildman–Crippen MR) is 122 cm³/mol. The highest BCUT2D eigenvalue weighted by molar-refractivity contribution is 5.87. The molecule has 0 radical (unpaired) electrons. The molecule has 0 saturated heterocycles. The van der Waals surface area contributed by atoms with Crippen molar-refractivity contribution in [1.29, 1.82) is 0 Å². The van der Waals surface area contributed by atoms with Crippen molar-refractivity contribution in [2.24, 2.45) is 17.3 Å². The molecular weight excluding hydrogens is 354 g/mol. The number of aryl methyl sites for hydroxylation is 1. The molecule has 2 heteroatoms. The fraction of sp³-hybridized carbons (Fsp3) is 0.667. The van der Waals surface area contributed by atoms with Gasteiger partial charge in [0.2, 0.25) is 0 Å². The molecule has 2 fully saturated rings. The third-order valence-corrected chi connectivity index (χ3v) is 8.21. The number of benzene rings is 1. The Labute approximate surface area is 177 Å². The van der Waals surface area contributed by atoms with Gasteiger partial charge in [-0.05, 0) is 92.5 Å². The Hall–Kier alpha value is -1.41. The number of hydrogen-bond acceptors (Lipinski definition) is 2. The highest BCUT2D eigenvalue weighted by Gasteiger charge is 2.54. The molecule has 0 amide bonds. The van der Waals surface area contributed by atoms with Crippen LogP contribution in [0.4, 0.5) is 0 Å². The van der Waals surface area contributed by atoms with Gasteiger partial charge in [0.15, 0.2) is 0 Å². The molecule has 1 aromatic rings. The first-order valence-electron chi connectivity index (χ1n) is 12.1. The number of fused-ring (bicyclic) bond motifs is 5. The van der Waals surface area contributed by atoms with Crippen LogP contribution in [0.25, 0.3) is 6.08 Å². The molecule has 4 rings (SSSR count). The zero-order valence-corrected chi connectivity index (χ0v) is 18.8. The van der Waals surface area contributed by atoms with E-state index in [1.165, 1.54) is 50.8 Å². The van der Waals surface area contributed by atoms with E-state index in [1.54, 1.807) is 11.1 Å². The van der Waals surface area contributed by atoms with E-state index in [2.05, 4.69) is 56.0 Å². The van der Waals surface area contributed by atoms with E-state index >= 15 is 0 Å². The van der Waals surface area contributed by atoms with Crippen molar-refractivity contribution in [3.63, 3.8) is 0 Å². The molecule has 0 unspecified atom stereocenters. The van der Waals surface area contributed by atoms with Crippen molar-refractivity contribution in [2.75, 3.05) is 19.6 Å². The van der Waals surface area contributed by atoms with Crippen LogP contribution < -0.4 is 0 Å². The predicted octanol–water partition coefficient (Wildman–Crippen LogP) is 6.25. The fourth-order valence-corrected chi connectivity index (χ4v) is 6.74. The number of ketones is 1. The number of nitrogens with zero attached hydrogens (tertiary/aromatic N) is 1.